The number of hydrogen-bond acceptors (Lipinski definition) is 3. The van der Waals surface area contributed by atoms with Gasteiger partial charge in [0, 0.05) is 12.3 Å². The zero-order valence-electron chi connectivity index (χ0n) is 7.51. The molecule has 1 saturated heterocycles. The Bertz CT molecular complexity index is 478. The maximum Gasteiger partial charge on any atom is 0.268 e. The lowest BCUT2D eigenvalue weighted by molar-refractivity contribution is 0.232. The molecule has 1 fully saturated rings. The smallest absolute Gasteiger partial charge is 0.266 e. The fourth-order valence-electron chi connectivity index (χ4n) is 2.39. The van der Waals surface area contributed by atoms with Crippen LogP contribution in [0, 0.1) is 0 Å². The van der Waals surface area contributed by atoms with E-state index in [0.717, 1.165) is 12.0 Å². The van der Waals surface area contributed by atoms with Crippen LogP contribution in [0.4, 0.5) is 0 Å². The highest BCUT2D eigenvalue weighted by Crippen LogP contribution is 2.41. The van der Waals surface area contributed by atoms with Crippen LogP contribution in [0.2, 0.25) is 0 Å². The molecule has 1 aliphatic heterocycles. The van der Waals surface area contributed by atoms with Crippen molar-refractivity contribution >= 4 is 10.1 Å². The molecular formula is C10H10O3S. The Kier molecular flexibility index (Phi) is 1.56. The van der Waals surface area contributed by atoms with Gasteiger partial charge >= 0.3 is 0 Å². The van der Waals surface area contributed by atoms with Gasteiger partial charge in [0.25, 0.3) is 10.1 Å². The summed E-state index contributed by atoms with van der Waals surface area (Å²) in [6, 6.07) is 7.98. The molecule has 1 heterocycles. The number of benzene rings is 1. The van der Waals surface area contributed by atoms with Crippen molar-refractivity contribution in [3.8, 4) is 0 Å². The van der Waals surface area contributed by atoms with E-state index in [9.17, 15) is 8.42 Å². The van der Waals surface area contributed by atoms with Gasteiger partial charge in [-0.15, -0.1) is 0 Å². The maximum absolute atomic E-state index is 11.2. The van der Waals surface area contributed by atoms with E-state index >= 15 is 0 Å². The lowest BCUT2D eigenvalue weighted by atomic mass is 10.0. The van der Waals surface area contributed by atoms with Gasteiger partial charge in [-0.1, -0.05) is 24.3 Å². The minimum absolute atomic E-state index is 0.0659. The second-order valence-electron chi connectivity index (χ2n) is 3.87. The molecule has 4 heteroatoms. The molecule has 0 bridgehead atoms. The van der Waals surface area contributed by atoms with E-state index in [1.807, 2.05) is 24.3 Å². The lowest BCUT2D eigenvalue weighted by Gasteiger charge is -2.04. The van der Waals surface area contributed by atoms with Crippen molar-refractivity contribution in [3.63, 3.8) is 0 Å². The molecule has 1 aromatic rings. The third kappa shape index (κ3) is 1.11. The van der Waals surface area contributed by atoms with Crippen LogP contribution < -0.4 is 0 Å². The van der Waals surface area contributed by atoms with Crippen molar-refractivity contribution in [2.24, 2.45) is 0 Å². The van der Waals surface area contributed by atoms with Gasteiger partial charge in [-0.05, 0) is 11.1 Å². The van der Waals surface area contributed by atoms with Crippen molar-refractivity contribution in [2.75, 3.05) is 5.75 Å². The number of fused-ring (bicyclic) bond motifs is 3. The van der Waals surface area contributed by atoms with Gasteiger partial charge in [0.1, 0.15) is 0 Å². The summed E-state index contributed by atoms with van der Waals surface area (Å²) < 4.78 is 27.5. The third-order valence-electron chi connectivity index (χ3n) is 2.98. The molecule has 2 aliphatic rings. The van der Waals surface area contributed by atoms with Gasteiger partial charge in [0.15, 0.2) is 0 Å². The van der Waals surface area contributed by atoms with Crippen LogP contribution >= 0.6 is 0 Å². The Balaban J connectivity index is 2.08. The van der Waals surface area contributed by atoms with E-state index in [1.54, 1.807) is 0 Å². The SMILES string of the molecule is O=S1(=O)C[C@@H]2c3ccccc3C[C@@H]2O1. The summed E-state index contributed by atoms with van der Waals surface area (Å²) in [6.45, 7) is 0. The molecule has 0 N–H and O–H groups in total. The van der Waals surface area contributed by atoms with Gasteiger partial charge in [0.05, 0.1) is 11.9 Å². The summed E-state index contributed by atoms with van der Waals surface area (Å²) in [4.78, 5) is 0. The number of rotatable bonds is 0. The largest absolute Gasteiger partial charge is 0.268 e. The first-order chi connectivity index (χ1) is 6.66. The van der Waals surface area contributed by atoms with Gasteiger partial charge in [0.2, 0.25) is 0 Å². The summed E-state index contributed by atoms with van der Waals surface area (Å²) in [5.41, 5.74) is 2.39. The van der Waals surface area contributed by atoms with Crippen molar-refractivity contribution < 1.29 is 12.6 Å². The van der Waals surface area contributed by atoms with Crippen LogP contribution in [0.5, 0.6) is 0 Å². The first kappa shape index (κ1) is 8.44. The van der Waals surface area contributed by atoms with Gasteiger partial charge in [-0.25, -0.2) is 0 Å². The average Bonchev–Trinajstić information content (AvgIpc) is 2.56. The predicted molar refractivity (Wildman–Crippen MR) is 51.5 cm³/mol. The average molecular weight is 210 g/mol. The van der Waals surface area contributed by atoms with Crippen LogP contribution in [0.1, 0.15) is 17.0 Å². The van der Waals surface area contributed by atoms with Crippen LogP contribution in [0.3, 0.4) is 0 Å². The van der Waals surface area contributed by atoms with Crippen molar-refractivity contribution in [1.29, 1.82) is 0 Å². The minimum Gasteiger partial charge on any atom is -0.266 e. The minimum atomic E-state index is -3.25. The molecule has 3 rings (SSSR count). The Labute approximate surface area is 82.8 Å². The highest BCUT2D eigenvalue weighted by molar-refractivity contribution is 7.87. The molecule has 0 spiro atoms. The molecule has 0 unspecified atom stereocenters. The fourth-order valence-corrected chi connectivity index (χ4v) is 3.88. The van der Waals surface area contributed by atoms with E-state index < -0.39 is 10.1 Å². The summed E-state index contributed by atoms with van der Waals surface area (Å²) in [6.07, 6.45) is 0.595. The zero-order chi connectivity index (χ0) is 9.76. The molecule has 2 atom stereocenters. The van der Waals surface area contributed by atoms with Crippen molar-refractivity contribution in [3.05, 3.63) is 35.4 Å². The molecule has 0 radical (unpaired) electrons. The second-order valence-corrected chi connectivity index (χ2v) is 5.51. The standard InChI is InChI=1S/C10H10O3S/c11-14(12)6-9-8-4-2-1-3-7(8)5-10(9)13-14/h1-4,9-10H,5-6H2/t9-,10+/m1/s1. The summed E-state index contributed by atoms with van der Waals surface area (Å²) >= 11 is 0. The molecular weight excluding hydrogens is 200 g/mol. The van der Waals surface area contributed by atoms with Crippen LogP contribution in [-0.4, -0.2) is 20.3 Å². The Morgan fingerprint density at radius 3 is 2.93 bits per heavy atom. The Hall–Kier alpha value is -0.870. The molecule has 74 valence electrons. The molecule has 1 aliphatic carbocycles. The summed E-state index contributed by atoms with van der Waals surface area (Å²) in [5.74, 6) is 0.213. The van der Waals surface area contributed by atoms with Gasteiger partial charge < -0.3 is 0 Å². The molecule has 14 heavy (non-hydrogen) atoms. The van der Waals surface area contributed by atoms with E-state index in [-0.39, 0.29) is 17.8 Å². The van der Waals surface area contributed by atoms with E-state index in [0.29, 0.717) is 0 Å². The topological polar surface area (TPSA) is 43.4 Å². The van der Waals surface area contributed by atoms with Crippen molar-refractivity contribution in [1.82, 2.24) is 0 Å². The molecule has 3 nitrogen and oxygen atoms in total. The third-order valence-corrected chi connectivity index (χ3v) is 4.29. The fraction of sp³-hybridized carbons (Fsp3) is 0.400. The highest BCUT2D eigenvalue weighted by atomic mass is 32.2. The van der Waals surface area contributed by atoms with E-state index in [1.165, 1.54) is 5.56 Å². The van der Waals surface area contributed by atoms with E-state index in [4.69, 9.17) is 4.18 Å². The first-order valence-corrected chi connectivity index (χ1v) is 6.22. The summed E-state index contributed by atoms with van der Waals surface area (Å²) in [5, 5.41) is 0. The molecule has 0 amide bonds. The second kappa shape index (κ2) is 2.58. The summed E-state index contributed by atoms with van der Waals surface area (Å²) in [7, 11) is -3.25. The van der Waals surface area contributed by atoms with Crippen LogP contribution in [0.25, 0.3) is 0 Å². The lowest BCUT2D eigenvalue weighted by Crippen LogP contribution is -2.09. The van der Waals surface area contributed by atoms with Gasteiger partial charge in [-0.3, -0.25) is 4.18 Å². The maximum atomic E-state index is 11.2. The highest BCUT2D eigenvalue weighted by Gasteiger charge is 2.44. The first-order valence-electron chi connectivity index (χ1n) is 4.64. The normalized spacial score (nSPS) is 32.6. The van der Waals surface area contributed by atoms with E-state index in [2.05, 4.69) is 0 Å². The monoisotopic (exact) mass is 210 g/mol. The Morgan fingerprint density at radius 1 is 1.29 bits per heavy atom. The quantitative estimate of drug-likeness (QED) is 0.601. The van der Waals surface area contributed by atoms with Crippen LogP contribution in [0.15, 0.2) is 24.3 Å². The van der Waals surface area contributed by atoms with Gasteiger partial charge in [-0.2, -0.15) is 8.42 Å². The molecule has 0 aromatic heterocycles. The van der Waals surface area contributed by atoms with Crippen molar-refractivity contribution in [2.45, 2.75) is 18.4 Å². The van der Waals surface area contributed by atoms with Crippen LogP contribution in [-0.2, 0) is 20.7 Å². The molecule has 1 aromatic carbocycles. The molecule has 0 saturated carbocycles. The zero-order valence-corrected chi connectivity index (χ0v) is 8.33. The predicted octanol–water partition coefficient (Wildman–Crippen LogP) is 1.05. The Morgan fingerprint density at radius 2 is 2.07 bits per heavy atom. The number of hydrogen-bond donors (Lipinski definition) is 0.